The Labute approximate surface area is 848 Å². The van der Waals surface area contributed by atoms with Gasteiger partial charge in [-0.2, -0.15) is 0 Å². The molecule has 0 bridgehead atoms. The van der Waals surface area contributed by atoms with Gasteiger partial charge in [0.1, 0.15) is 26.2 Å². The van der Waals surface area contributed by atoms with E-state index in [0.717, 1.165) is 30.7 Å². The number of rotatable bonds is 64. The minimum atomic E-state index is -2.15. The Morgan fingerprint density at radius 3 is 0.470 bits per heavy atom. The van der Waals surface area contributed by atoms with Gasteiger partial charge in [0.15, 0.2) is 0 Å². The number of unbranched alkanes of at least 4 members (excludes halogenated alkanes) is 40. The van der Waals surface area contributed by atoms with Crippen LogP contribution in [-0.2, 0) is 26.2 Å². The predicted octanol–water partition coefficient (Wildman–Crippen LogP) is 34.4. The van der Waals surface area contributed by atoms with E-state index in [2.05, 4.69) is 257 Å². The lowest BCUT2D eigenvalue weighted by Gasteiger charge is -2.39. The van der Waals surface area contributed by atoms with Gasteiger partial charge in [-0.3, -0.25) is 0 Å². The molecule has 2 aliphatic heterocycles. The first-order valence-corrected chi connectivity index (χ1v) is 83.6. The summed E-state index contributed by atoms with van der Waals surface area (Å²) in [7, 11) is -16.1. The molecule has 8 aromatic rings. The smallest absolute Gasteiger partial charge is 0.106 e. The van der Waals surface area contributed by atoms with Crippen LogP contribution in [0.1, 0.15) is 386 Å². The van der Waals surface area contributed by atoms with E-state index in [1.165, 1.54) is 357 Å². The molecule has 10 heteroatoms. The fraction of sp³-hybridized carbons (Fsp3) is 0.677. The van der Waals surface area contributed by atoms with Crippen molar-refractivity contribution in [3.05, 3.63) is 119 Å². The van der Waals surface area contributed by atoms with Crippen molar-refractivity contribution in [3.8, 4) is 22.3 Å². The zero-order chi connectivity index (χ0) is 96.1. The molecule has 0 saturated heterocycles. The summed E-state index contributed by atoms with van der Waals surface area (Å²) in [6.45, 7) is 68.5. The highest BCUT2D eigenvalue weighted by molar-refractivity contribution is 6.95. The molecule has 0 aliphatic carbocycles. The van der Waals surface area contributed by atoms with Gasteiger partial charge in [-0.15, -0.1) is 0 Å². The topological polar surface area (TPSA) is 0 Å². The molecule has 1 nitrogen and oxygen atoms in total. The summed E-state index contributed by atoms with van der Waals surface area (Å²) >= 11 is 0. The Kier molecular flexibility index (Phi) is 46.7. The van der Waals surface area contributed by atoms with Crippen LogP contribution in [0.25, 0.3) is 65.3 Å². The first-order valence-electron chi connectivity index (χ1n) is 57.9. The minimum absolute atomic E-state index is 0. The van der Waals surface area contributed by atoms with E-state index in [4.69, 9.17) is 0 Å². The van der Waals surface area contributed by atoms with Crippen molar-refractivity contribution in [2.75, 3.05) is 0 Å². The number of hydrogen-bond acceptors (Lipinski definition) is 0. The van der Waals surface area contributed by atoms with Crippen LogP contribution in [0.3, 0.4) is 0 Å². The maximum Gasteiger partial charge on any atom is 0.106 e. The molecule has 1 spiro atoms. The highest BCUT2D eigenvalue weighted by Crippen LogP contribution is 2.51. The lowest BCUT2D eigenvalue weighted by Crippen LogP contribution is -3.00. The summed E-state index contributed by atoms with van der Waals surface area (Å²) in [5.41, 5.74) is 13.3. The molecule has 2 heterocycles. The number of fused-ring (bicyclic) bond motifs is 14. The van der Waals surface area contributed by atoms with Gasteiger partial charge in [0.2, 0.25) is 0 Å². The van der Waals surface area contributed by atoms with Crippen LogP contribution < -0.4 is 58.5 Å². The lowest BCUT2D eigenvalue weighted by molar-refractivity contribution is -0.977. The second-order valence-corrected chi connectivity index (χ2v) is 88.7. The van der Waals surface area contributed by atoms with Crippen molar-refractivity contribution in [1.82, 2.24) is 0 Å². The molecule has 0 radical (unpaired) electrons. The largest absolute Gasteiger partial charge is 1.00 e. The van der Waals surface area contributed by atoms with Crippen LogP contribution in [0.2, 0.25) is 153 Å². The highest BCUT2D eigenvalue weighted by Gasteiger charge is 2.45. The molecule has 0 N–H and O–H groups in total. The van der Waals surface area contributed by atoms with Crippen molar-refractivity contribution in [2.45, 2.75) is 543 Å². The fourth-order valence-electron chi connectivity index (χ4n) is 25.2. The van der Waals surface area contributed by atoms with E-state index in [1.54, 1.807) is 129 Å². The summed E-state index contributed by atoms with van der Waals surface area (Å²) in [6.07, 6.45) is 65.6. The molecule has 0 fully saturated rings. The van der Waals surface area contributed by atoms with Crippen molar-refractivity contribution >= 4 is 149 Å². The van der Waals surface area contributed by atoms with Gasteiger partial charge in [0, 0.05) is 22.3 Å². The third-order valence-corrected chi connectivity index (χ3v) is 62.5. The predicted molar refractivity (Wildman–Crippen MR) is 631 cm³/mol. The lowest BCUT2D eigenvalue weighted by atomic mass is 9.88. The molecule has 0 aromatic heterocycles. The normalized spacial score (nSPS) is 14.0. The Balaban J connectivity index is 0.0000202. The SMILES string of the molecule is CCCCCCCC[Si](C)(C)c1ccc2c3c(cc([Si](C)(C)CCCCCCCC)c2c1)C[N+]1(Cc2cc([Si](C)(C)CCCCCCCC)c4cc([Si](C)(C)CCCCCCCC)ccc4c2-3)Cc2cc([Si](C)(C)CCCCCCCC)c3cc([Si](C)(C)CCCCCCCC)ccc3c2-c2c(cc([Si](C)(C)CCCCCCCC)c3cc([Si](C)(C)CCCCCCCC)ccc23)C1.[Br-]. The molecule has 134 heavy (non-hydrogen) atoms. The quantitative estimate of drug-likeness (QED) is 0.0202. The van der Waals surface area contributed by atoms with Gasteiger partial charge in [-0.25, -0.2) is 0 Å². The second kappa shape index (κ2) is 54.6. The molecule has 0 unspecified atom stereocenters. The van der Waals surface area contributed by atoms with Crippen LogP contribution in [0, 0.1) is 0 Å². The zero-order valence-electron chi connectivity index (χ0n) is 92.5. The van der Waals surface area contributed by atoms with E-state index < -0.39 is 64.6 Å². The summed E-state index contributed by atoms with van der Waals surface area (Å²) in [6, 6.07) is 57.6. The van der Waals surface area contributed by atoms with Gasteiger partial charge >= 0.3 is 0 Å². The monoisotopic (exact) mass is 2010 g/mol. The van der Waals surface area contributed by atoms with Crippen LogP contribution >= 0.6 is 0 Å². The third-order valence-electron chi connectivity index (χ3n) is 34.7. The highest BCUT2D eigenvalue weighted by atomic mass is 79.9. The van der Waals surface area contributed by atoms with Crippen molar-refractivity contribution < 1.29 is 21.5 Å². The molecule has 2 aliphatic rings. The Hall–Kier alpha value is -3.02. The average Bonchev–Trinajstić information content (AvgIpc) is 1.48. The first kappa shape index (κ1) is 115. The maximum atomic E-state index is 3.08. The molecule has 0 amide bonds. The standard InChI is InChI=1S/C124H208NSi8.BrH/c1-25-33-41-49-57-65-81-126(9,10)105-73-77-109-113(93-105)117(130(17,18)85-69-61-53-45-37-29-5)89-101-97-125(98-102-90-118(131(19,20)86-70-62-54-46-38-30-6)114-94-106(74-78-110(114)122(102)121(101)109)127(11,12)82-66-58-50-42-34-26-2)99-103-91-119(132(21,22)87-71-63-55-47-39-31-7)115-95-107(128(13,14)83-67-59-51-43-35-27-3)75-79-111(115)123(103)124-104(100-125)92-120(133(23,24)88-72-64-56-48-40-32-8)116-96-108(76-80-112(116)124)129(15,16)84-68-60-52-44-36-28-4;/h73-80,89-96H,25-72,81-88,97-100H2,1-24H3;1H/q+1;/p-1. The van der Waals surface area contributed by atoms with Gasteiger partial charge in [0.05, 0.1) is 64.6 Å². The van der Waals surface area contributed by atoms with Crippen molar-refractivity contribution in [3.63, 3.8) is 0 Å². The second-order valence-electron chi connectivity index (χ2n) is 50.1. The summed E-state index contributed by atoms with van der Waals surface area (Å²) in [4.78, 5) is 0. The van der Waals surface area contributed by atoms with Crippen LogP contribution in [0.4, 0.5) is 0 Å². The maximum absolute atomic E-state index is 3.08. The minimum Gasteiger partial charge on any atom is -1.00 e. The van der Waals surface area contributed by atoms with Crippen LogP contribution in [0.5, 0.6) is 0 Å². The molecule has 10 rings (SSSR count). The van der Waals surface area contributed by atoms with Crippen molar-refractivity contribution in [1.29, 1.82) is 0 Å². The van der Waals surface area contributed by atoms with Gasteiger partial charge < -0.3 is 21.5 Å². The van der Waals surface area contributed by atoms with Crippen molar-refractivity contribution in [2.24, 2.45) is 0 Å². The molecular formula is C124H208BrNSi8. The molecule has 0 saturated carbocycles. The number of quaternary nitrogens is 1. The molecule has 0 atom stereocenters. The first-order chi connectivity index (χ1) is 63.6. The van der Waals surface area contributed by atoms with Gasteiger partial charge in [0.25, 0.3) is 0 Å². The number of hydrogen-bond donors (Lipinski definition) is 0. The zero-order valence-corrected chi connectivity index (χ0v) is 102. The Morgan fingerprint density at radius 2 is 0.313 bits per heavy atom. The van der Waals surface area contributed by atoms with Crippen LogP contribution in [-0.4, -0.2) is 69.1 Å². The van der Waals surface area contributed by atoms with E-state index in [9.17, 15) is 0 Å². The average molecular weight is 2020 g/mol. The van der Waals surface area contributed by atoms with E-state index in [-0.39, 0.29) is 17.0 Å². The molecule has 8 aromatic carbocycles. The summed E-state index contributed by atoms with van der Waals surface area (Å²) in [5, 5.41) is 27.1. The summed E-state index contributed by atoms with van der Waals surface area (Å²) in [5.74, 6) is 0. The summed E-state index contributed by atoms with van der Waals surface area (Å²) < 4.78 is 1.03. The fourth-order valence-corrected chi connectivity index (χ4v) is 46.8. The Bertz CT molecular complexity index is 4290. The van der Waals surface area contributed by atoms with Gasteiger partial charge in [-0.05, 0) is 65.3 Å². The Morgan fingerprint density at radius 1 is 0.172 bits per heavy atom. The molecule has 748 valence electrons. The van der Waals surface area contributed by atoms with E-state index in [1.807, 2.05) is 0 Å². The van der Waals surface area contributed by atoms with Gasteiger partial charge in [-0.1, -0.05) is 655 Å². The van der Waals surface area contributed by atoms with E-state index >= 15 is 0 Å². The number of benzene rings is 8. The molecular weight excluding hydrogens is 1810 g/mol. The third kappa shape index (κ3) is 31.0. The van der Waals surface area contributed by atoms with E-state index in [0.29, 0.717) is 0 Å². The van der Waals surface area contributed by atoms with Crippen LogP contribution in [0.15, 0.2) is 97.1 Å². The number of nitrogens with zero attached hydrogens (tertiary/aromatic N) is 1. The number of halogens is 1.